The van der Waals surface area contributed by atoms with Crippen LogP contribution in [0.2, 0.25) is 0 Å². The molecule has 0 spiro atoms. The normalized spacial score (nSPS) is 14.8. The lowest BCUT2D eigenvalue weighted by molar-refractivity contribution is -0.139. The van der Waals surface area contributed by atoms with Gasteiger partial charge in [-0.1, -0.05) is 183 Å². The van der Waals surface area contributed by atoms with Gasteiger partial charge in [0.25, 0.3) is 17.3 Å². The van der Waals surface area contributed by atoms with Gasteiger partial charge in [-0.05, 0) is 87.5 Å². The molecule has 2 heterocycles. The van der Waals surface area contributed by atoms with Gasteiger partial charge >= 0.3 is 0 Å². The van der Waals surface area contributed by atoms with E-state index in [0.29, 0.717) is 50.2 Å². The Labute approximate surface area is 541 Å². The summed E-state index contributed by atoms with van der Waals surface area (Å²) in [5, 5.41) is 19.2. The summed E-state index contributed by atoms with van der Waals surface area (Å²) in [4.78, 5) is 61.4. The van der Waals surface area contributed by atoms with Crippen molar-refractivity contribution in [2.75, 3.05) is 55.7 Å². The Balaban J connectivity index is 0.000000474. The van der Waals surface area contributed by atoms with Crippen LogP contribution in [0, 0.1) is 60.8 Å². The van der Waals surface area contributed by atoms with Crippen molar-refractivity contribution in [1.29, 1.82) is 10.5 Å². The first-order chi connectivity index (χ1) is 43.8. The zero-order valence-electron chi connectivity index (χ0n) is 56.2. The molecule has 2 aromatic rings. The molecule has 0 N–H and O–H groups in total. The molecule has 0 aromatic heterocycles. The molecule has 2 atom stereocenters. The Kier molecular flexibility index (Phi) is 36.5. The molecule has 482 valence electrons. The summed E-state index contributed by atoms with van der Waals surface area (Å²) in [6.45, 7) is 57.7. The Morgan fingerprint density at radius 3 is 1.33 bits per heavy atom. The molecule has 0 saturated carbocycles. The predicted octanol–water partition coefficient (Wildman–Crippen LogP) is 19.0. The number of imide groups is 1. The molecule has 2 aliphatic heterocycles. The number of rotatable bonds is 40. The molecule has 0 fully saturated rings. The maximum absolute atomic E-state index is 13.8. The van der Waals surface area contributed by atoms with Gasteiger partial charge in [-0.2, -0.15) is 0 Å². The first-order valence-electron chi connectivity index (χ1n) is 33.7. The fourth-order valence-corrected chi connectivity index (χ4v) is 10.7. The molecule has 2 aromatic carbocycles. The summed E-state index contributed by atoms with van der Waals surface area (Å²) in [5.74, 6) is 0.786. The van der Waals surface area contributed by atoms with Gasteiger partial charge in [0.1, 0.15) is 11.5 Å². The van der Waals surface area contributed by atoms with Crippen molar-refractivity contribution < 1.29 is 23.9 Å². The van der Waals surface area contributed by atoms with Gasteiger partial charge in [0.15, 0.2) is 0 Å². The second-order valence-corrected chi connectivity index (χ2v) is 23.2. The molecule has 0 saturated heterocycles. The summed E-state index contributed by atoms with van der Waals surface area (Å²) in [5.41, 5.74) is 3.09. The first kappa shape index (κ1) is 75.9. The second kappa shape index (κ2) is 43.3. The average Bonchev–Trinajstić information content (AvgIpc) is 1.71. The number of hydrogen-bond donors (Lipinski definition) is 0. The molecule has 90 heavy (non-hydrogen) atoms. The number of benzene rings is 2. The SMILES string of the molecule is [C-]#[N+]C1=C(/C=C/c2ccc(N(CCCC)CCCC)cc2OCC(CC)CCCC)C(=O)N(C(=O)CCCCCCC)/C1=C(\C#N)[N+]#[C-].[C-]#[N+]C1=C(/C=C/c2ccc(N(CCCC)CCCC)cc2OCC(CC)CCCC)C(=O)N(CCC)/C1=C(\C#N)[N+]#[C-]. The molecule has 2 unspecified atom stereocenters. The molecule has 3 amide bonds. The number of ether oxygens (including phenoxy) is 2. The Morgan fingerprint density at radius 1 is 0.533 bits per heavy atom. The molecule has 4 rings (SSSR count). The second-order valence-electron chi connectivity index (χ2n) is 23.2. The molecule has 15 nitrogen and oxygen atoms in total. The zero-order valence-corrected chi connectivity index (χ0v) is 56.2. The van der Waals surface area contributed by atoms with Crippen molar-refractivity contribution in [2.24, 2.45) is 11.8 Å². The lowest BCUT2D eigenvalue weighted by atomic mass is 10.0. The standard InChI is InChI=1S/C40H55N5O3.C35H47N5O2/c1-8-13-17-18-19-21-37(46)45-39(35(29-41)42-6)38(43-7)34(40(45)47)25-23-32-22-24-33(44(26-15-10-3)27-16-11-4)28-36(32)48-30-31(12-5)20-14-9-2;1-8-13-16-27(12-5)26-42-32-24-29(39(22-14-9-2)23-15-10-3)19-17-28(32)18-20-30-33(38-7)34(31(25-36)37-6)40(21-11-4)35(30)41/h22-25,28,31H,8-21,26-27,30H2,1-5H3;17-20,24,27H,8-16,21-23,26H2,1-5H3/b25-23+,39-35+;20-18+,34-31+. The fraction of sp³-hybridized carbons (Fsp3) is 0.560. The fourth-order valence-electron chi connectivity index (χ4n) is 10.7. The van der Waals surface area contributed by atoms with E-state index in [4.69, 9.17) is 35.8 Å². The number of carbonyl (C=O) groups excluding carboxylic acids is 3. The topological polar surface area (TPSA) is 148 Å². The predicted molar refractivity (Wildman–Crippen MR) is 366 cm³/mol. The minimum absolute atomic E-state index is 0.00680. The highest BCUT2D eigenvalue weighted by Crippen LogP contribution is 2.39. The van der Waals surface area contributed by atoms with Crippen molar-refractivity contribution in [1.82, 2.24) is 9.80 Å². The van der Waals surface area contributed by atoms with Crippen LogP contribution >= 0.6 is 0 Å². The van der Waals surface area contributed by atoms with Gasteiger partial charge in [0.05, 0.1) is 63.0 Å². The summed E-state index contributed by atoms with van der Waals surface area (Å²) in [6.07, 6.45) is 29.8. The van der Waals surface area contributed by atoms with Gasteiger partial charge in [-0.3, -0.25) is 19.3 Å². The number of nitrogens with zero attached hydrogens (tertiary/aromatic N) is 10. The van der Waals surface area contributed by atoms with E-state index in [1.165, 1.54) is 17.4 Å². The smallest absolute Gasteiger partial charge is 0.275 e. The third-order valence-corrected chi connectivity index (χ3v) is 16.4. The molecule has 0 radical (unpaired) electrons. The highest BCUT2D eigenvalue weighted by Gasteiger charge is 2.40. The van der Waals surface area contributed by atoms with E-state index in [1.807, 2.05) is 31.2 Å². The van der Waals surface area contributed by atoms with Crippen LogP contribution in [0.1, 0.15) is 228 Å². The molecular formula is C75H102N10O5. The maximum Gasteiger partial charge on any atom is 0.275 e. The summed E-state index contributed by atoms with van der Waals surface area (Å²) < 4.78 is 13.0. The summed E-state index contributed by atoms with van der Waals surface area (Å²) in [6, 6.07) is 16.0. The van der Waals surface area contributed by atoms with E-state index in [0.717, 1.165) is 181 Å². The van der Waals surface area contributed by atoms with Crippen LogP contribution in [0.15, 0.2) is 93.9 Å². The number of hydrogen-bond acceptors (Lipinski definition) is 9. The first-order valence-corrected chi connectivity index (χ1v) is 33.7. The quantitative estimate of drug-likeness (QED) is 0.0361. The minimum atomic E-state index is -0.683. The van der Waals surface area contributed by atoms with Crippen LogP contribution in [-0.2, 0) is 14.4 Å². The monoisotopic (exact) mass is 1220 g/mol. The van der Waals surface area contributed by atoms with Crippen molar-refractivity contribution in [2.45, 2.75) is 217 Å². The van der Waals surface area contributed by atoms with Crippen molar-refractivity contribution in [3.8, 4) is 23.6 Å². The number of amides is 3. The van der Waals surface area contributed by atoms with Crippen molar-refractivity contribution in [3.63, 3.8) is 0 Å². The number of unbranched alkanes of at least 4 members (excludes halogenated alkanes) is 10. The Morgan fingerprint density at radius 2 is 0.944 bits per heavy atom. The number of allylic oxidation sites excluding steroid dienone is 2. The van der Waals surface area contributed by atoms with Crippen LogP contribution in [0.3, 0.4) is 0 Å². The van der Waals surface area contributed by atoms with Crippen LogP contribution in [0.4, 0.5) is 11.4 Å². The largest absolute Gasteiger partial charge is 0.493 e. The zero-order chi connectivity index (χ0) is 66.2. The highest BCUT2D eigenvalue weighted by molar-refractivity contribution is 6.13. The van der Waals surface area contributed by atoms with Crippen molar-refractivity contribution >= 4 is 41.2 Å². The van der Waals surface area contributed by atoms with E-state index in [2.05, 4.69) is 116 Å². The van der Waals surface area contributed by atoms with Crippen LogP contribution in [0.25, 0.3) is 31.5 Å². The van der Waals surface area contributed by atoms with Gasteiger partial charge < -0.3 is 24.2 Å². The summed E-state index contributed by atoms with van der Waals surface area (Å²) >= 11 is 0. The van der Waals surface area contributed by atoms with Gasteiger partial charge in [-0.15, -0.1) is 0 Å². The number of carbonyl (C=O) groups is 3. The third kappa shape index (κ3) is 22.6. The van der Waals surface area contributed by atoms with E-state index in [1.54, 1.807) is 18.2 Å². The number of nitriles is 2. The highest BCUT2D eigenvalue weighted by atomic mass is 16.5. The van der Waals surface area contributed by atoms with Gasteiger partial charge in [0, 0.05) is 84.9 Å². The Hall–Kier alpha value is -8.37. The van der Waals surface area contributed by atoms with E-state index in [9.17, 15) is 24.9 Å². The van der Waals surface area contributed by atoms with Crippen LogP contribution in [0.5, 0.6) is 11.5 Å². The van der Waals surface area contributed by atoms with Gasteiger partial charge in [0.2, 0.25) is 23.2 Å². The van der Waals surface area contributed by atoms with Gasteiger partial charge in [-0.25, -0.2) is 29.9 Å². The lowest BCUT2D eigenvalue weighted by Crippen LogP contribution is -2.33. The maximum atomic E-state index is 13.8. The van der Waals surface area contributed by atoms with Crippen LogP contribution < -0.4 is 19.3 Å². The molecule has 2 aliphatic rings. The minimum Gasteiger partial charge on any atom is -0.493 e. The molecule has 0 aliphatic carbocycles. The number of anilines is 2. The van der Waals surface area contributed by atoms with Crippen LogP contribution in [-0.4, -0.2) is 73.5 Å². The van der Waals surface area contributed by atoms with E-state index in [-0.39, 0.29) is 52.0 Å². The Bertz CT molecular complexity index is 3070. The average molecular weight is 1220 g/mol. The van der Waals surface area contributed by atoms with Crippen molar-refractivity contribution in [3.05, 3.63) is 151 Å². The molecule has 0 bridgehead atoms. The third-order valence-electron chi connectivity index (χ3n) is 16.4. The molecular weight excluding hydrogens is 1120 g/mol. The van der Waals surface area contributed by atoms with E-state index >= 15 is 0 Å². The summed E-state index contributed by atoms with van der Waals surface area (Å²) in [7, 11) is 0. The lowest BCUT2D eigenvalue weighted by Gasteiger charge is -2.26. The van der Waals surface area contributed by atoms with E-state index < -0.39 is 17.5 Å². The molecule has 15 heteroatoms.